The summed E-state index contributed by atoms with van der Waals surface area (Å²) in [6.45, 7) is 9.42. The van der Waals surface area contributed by atoms with Crippen molar-refractivity contribution in [2.75, 3.05) is 0 Å². The van der Waals surface area contributed by atoms with E-state index in [0.29, 0.717) is 17.5 Å². The molecule has 2 rings (SSSR count). The lowest BCUT2D eigenvalue weighted by atomic mass is 9.69. The minimum Gasteiger partial charge on any atom is -0.306 e. The fourth-order valence-corrected chi connectivity index (χ4v) is 3.40. The van der Waals surface area contributed by atoms with E-state index in [0.717, 1.165) is 11.6 Å². The summed E-state index contributed by atoms with van der Waals surface area (Å²) in [6.07, 6.45) is 8.53. The zero-order chi connectivity index (χ0) is 14.6. The van der Waals surface area contributed by atoms with Gasteiger partial charge in [-0.25, -0.2) is 0 Å². The third-order valence-corrected chi connectivity index (χ3v) is 5.36. The Morgan fingerprint density at radius 3 is 2.50 bits per heavy atom. The lowest BCUT2D eigenvalue weighted by molar-refractivity contribution is 0.134. The van der Waals surface area contributed by atoms with E-state index in [1.54, 1.807) is 0 Å². The Bertz CT molecular complexity index is 391. The van der Waals surface area contributed by atoms with Gasteiger partial charge in [-0.1, -0.05) is 33.3 Å². The maximum Gasteiger partial charge on any atom is 0.0570 e. The zero-order valence-corrected chi connectivity index (χ0v) is 13.5. The fourth-order valence-electron chi connectivity index (χ4n) is 3.40. The Kier molecular flexibility index (Phi) is 5.20. The van der Waals surface area contributed by atoms with Crippen molar-refractivity contribution in [2.24, 2.45) is 11.3 Å². The van der Waals surface area contributed by atoms with Gasteiger partial charge in [-0.05, 0) is 56.1 Å². The van der Waals surface area contributed by atoms with Crippen molar-refractivity contribution in [3.63, 3.8) is 0 Å². The van der Waals surface area contributed by atoms with Crippen LogP contribution in [0.3, 0.4) is 0 Å². The minimum absolute atomic E-state index is 0.358. The Labute approximate surface area is 124 Å². The van der Waals surface area contributed by atoms with Gasteiger partial charge in [0.2, 0.25) is 0 Å². The molecule has 1 aromatic rings. The van der Waals surface area contributed by atoms with Gasteiger partial charge in [-0.15, -0.1) is 0 Å². The van der Waals surface area contributed by atoms with Crippen LogP contribution in [0.15, 0.2) is 24.4 Å². The second-order valence-electron chi connectivity index (χ2n) is 7.03. The quantitative estimate of drug-likeness (QED) is 0.840. The van der Waals surface area contributed by atoms with Crippen molar-refractivity contribution in [3.05, 3.63) is 30.1 Å². The van der Waals surface area contributed by atoms with E-state index in [2.05, 4.69) is 50.1 Å². The van der Waals surface area contributed by atoms with Crippen LogP contribution in [-0.2, 0) is 0 Å². The normalized spacial score (nSPS) is 25.4. The van der Waals surface area contributed by atoms with Gasteiger partial charge in [-0.3, -0.25) is 4.98 Å². The molecule has 1 saturated carbocycles. The smallest absolute Gasteiger partial charge is 0.0570 e. The van der Waals surface area contributed by atoms with E-state index >= 15 is 0 Å². The first-order chi connectivity index (χ1) is 9.53. The Morgan fingerprint density at radius 2 is 1.95 bits per heavy atom. The van der Waals surface area contributed by atoms with Gasteiger partial charge in [0.05, 0.1) is 5.69 Å². The number of rotatable bonds is 5. The van der Waals surface area contributed by atoms with Crippen molar-refractivity contribution in [1.29, 1.82) is 0 Å². The molecule has 2 heteroatoms. The topological polar surface area (TPSA) is 24.9 Å². The summed E-state index contributed by atoms with van der Waals surface area (Å²) in [7, 11) is 0. The average molecular weight is 274 g/mol. The van der Waals surface area contributed by atoms with E-state index in [1.807, 2.05) is 12.3 Å². The SMILES string of the molecule is CCC(C)(C)C1CCC(NC(C)c2ccccn2)CC1. The molecule has 0 bridgehead atoms. The van der Waals surface area contributed by atoms with Gasteiger partial charge in [0.15, 0.2) is 0 Å². The van der Waals surface area contributed by atoms with Crippen LogP contribution in [0.2, 0.25) is 0 Å². The van der Waals surface area contributed by atoms with Gasteiger partial charge in [0.1, 0.15) is 0 Å². The summed E-state index contributed by atoms with van der Waals surface area (Å²) in [5.74, 6) is 0.899. The molecule has 112 valence electrons. The Hall–Kier alpha value is -0.890. The Balaban J connectivity index is 1.83. The van der Waals surface area contributed by atoms with Crippen molar-refractivity contribution >= 4 is 0 Å². The van der Waals surface area contributed by atoms with E-state index < -0.39 is 0 Å². The second kappa shape index (κ2) is 6.71. The molecular formula is C18H30N2. The summed E-state index contributed by atoms with van der Waals surface area (Å²) in [5, 5.41) is 3.76. The molecular weight excluding hydrogens is 244 g/mol. The molecule has 0 spiro atoms. The molecule has 1 atom stereocenters. The number of aromatic nitrogens is 1. The maximum atomic E-state index is 4.45. The fraction of sp³-hybridized carbons (Fsp3) is 0.722. The summed E-state index contributed by atoms with van der Waals surface area (Å²) in [6, 6.07) is 7.19. The highest BCUT2D eigenvalue weighted by Crippen LogP contribution is 2.40. The number of pyridine rings is 1. The number of hydrogen-bond acceptors (Lipinski definition) is 2. The number of hydrogen-bond donors (Lipinski definition) is 1. The summed E-state index contributed by atoms with van der Waals surface area (Å²) in [5.41, 5.74) is 1.67. The van der Waals surface area contributed by atoms with Crippen LogP contribution in [0, 0.1) is 11.3 Å². The second-order valence-corrected chi connectivity index (χ2v) is 7.03. The highest BCUT2D eigenvalue weighted by molar-refractivity contribution is 5.08. The van der Waals surface area contributed by atoms with Crippen molar-refractivity contribution in [3.8, 4) is 0 Å². The van der Waals surface area contributed by atoms with Crippen LogP contribution in [0.5, 0.6) is 0 Å². The average Bonchev–Trinajstić information content (AvgIpc) is 2.48. The van der Waals surface area contributed by atoms with Crippen LogP contribution in [-0.4, -0.2) is 11.0 Å². The monoisotopic (exact) mass is 274 g/mol. The first kappa shape index (κ1) is 15.5. The third-order valence-electron chi connectivity index (χ3n) is 5.36. The Morgan fingerprint density at radius 1 is 1.25 bits per heavy atom. The molecule has 1 N–H and O–H groups in total. The van der Waals surface area contributed by atoms with Gasteiger partial charge >= 0.3 is 0 Å². The van der Waals surface area contributed by atoms with Crippen LogP contribution in [0.1, 0.15) is 71.5 Å². The molecule has 0 aromatic carbocycles. The van der Waals surface area contributed by atoms with Crippen molar-refractivity contribution < 1.29 is 0 Å². The summed E-state index contributed by atoms with van der Waals surface area (Å²) < 4.78 is 0. The maximum absolute atomic E-state index is 4.45. The predicted molar refractivity (Wildman–Crippen MR) is 85.6 cm³/mol. The molecule has 1 aromatic heterocycles. The van der Waals surface area contributed by atoms with Crippen molar-refractivity contribution in [2.45, 2.75) is 71.9 Å². The molecule has 2 nitrogen and oxygen atoms in total. The van der Waals surface area contributed by atoms with E-state index in [1.165, 1.54) is 32.1 Å². The molecule has 1 heterocycles. The molecule has 20 heavy (non-hydrogen) atoms. The molecule has 1 unspecified atom stereocenters. The highest BCUT2D eigenvalue weighted by atomic mass is 15.0. The standard InChI is InChI=1S/C18H30N2/c1-5-18(3,4)15-9-11-16(12-10-15)20-14(2)17-8-6-7-13-19-17/h6-8,13-16,20H,5,9-12H2,1-4H3. The van der Waals surface area contributed by atoms with E-state index in [4.69, 9.17) is 0 Å². The minimum atomic E-state index is 0.358. The first-order valence-corrected chi connectivity index (χ1v) is 8.20. The van der Waals surface area contributed by atoms with Gasteiger partial charge in [0, 0.05) is 18.3 Å². The van der Waals surface area contributed by atoms with Crippen LogP contribution >= 0.6 is 0 Å². The van der Waals surface area contributed by atoms with E-state index in [-0.39, 0.29) is 0 Å². The van der Waals surface area contributed by atoms with Gasteiger partial charge < -0.3 is 5.32 Å². The van der Waals surface area contributed by atoms with Gasteiger partial charge in [-0.2, -0.15) is 0 Å². The molecule has 0 saturated heterocycles. The highest BCUT2D eigenvalue weighted by Gasteiger charge is 2.32. The number of nitrogens with one attached hydrogen (secondary N) is 1. The van der Waals surface area contributed by atoms with Crippen molar-refractivity contribution in [1.82, 2.24) is 10.3 Å². The van der Waals surface area contributed by atoms with Crippen LogP contribution in [0.4, 0.5) is 0 Å². The first-order valence-electron chi connectivity index (χ1n) is 8.20. The lowest BCUT2D eigenvalue weighted by Gasteiger charge is -2.39. The third kappa shape index (κ3) is 3.82. The zero-order valence-electron chi connectivity index (χ0n) is 13.5. The summed E-state index contributed by atoms with van der Waals surface area (Å²) in [4.78, 5) is 4.45. The molecule has 1 aliphatic rings. The number of nitrogens with zero attached hydrogens (tertiary/aromatic N) is 1. The molecule has 0 aliphatic heterocycles. The summed E-state index contributed by atoms with van der Waals surface area (Å²) >= 11 is 0. The largest absolute Gasteiger partial charge is 0.306 e. The van der Waals surface area contributed by atoms with Gasteiger partial charge in [0.25, 0.3) is 0 Å². The van der Waals surface area contributed by atoms with E-state index in [9.17, 15) is 0 Å². The molecule has 0 amide bonds. The molecule has 0 radical (unpaired) electrons. The molecule has 1 fully saturated rings. The lowest BCUT2D eigenvalue weighted by Crippen LogP contribution is -2.38. The molecule has 1 aliphatic carbocycles. The van der Waals surface area contributed by atoms with Crippen LogP contribution in [0.25, 0.3) is 0 Å². The van der Waals surface area contributed by atoms with Crippen LogP contribution < -0.4 is 5.32 Å². The predicted octanol–water partition coefficient (Wildman–Crippen LogP) is 4.73.